The van der Waals surface area contributed by atoms with E-state index in [4.69, 9.17) is 5.11 Å². The minimum atomic E-state index is -0.405. The number of nitrogens with zero attached hydrogens (tertiary/aromatic N) is 2. The molecule has 0 aliphatic carbocycles. The Morgan fingerprint density at radius 2 is 2.27 bits per heavy atom. The van der Waals surface area contributed by atoms with Gasteiger partial charge < -0.3 is 5.11 Å². The Labute approximate surface area is 94.3 Å². The quantitative estimate of drug-likeness (QED) is 0.909. The van der Waals surface area contributed by atoms with Crippen LogP contribution in [-0.4, -0.2) is 14.9 Å². The van der Waals surface area contributed by atoms with Gasteiger partial charge in [0.15, 0.2) is 0 Å². The molecule has 0 bridgehead atoms. The Hall–Kier alpha value is -1.20. The van der Waals surface area contributed by atoms with E-state index in [0.717, 1.165) is 4.47 Å². The lowest BCUT2D eigenvalue weighted by molar-refractivity contribution is 0.280. The zero-order valence-electron chi connectivity index (χ0n) is 7.69. The molecule has 0 saturated carbocycles. The molecular weight excluding hydrogens is 263 g/mol. The molecule has 15 heavy (non-hydrogen) atoms. The second kappa shape index (κ2) is 4.12. The summed E-state index contributed by atoms with van der Waals surface area (Å²) in [5.41, 5.74) is 0.788. The molecule has 0 radical (unpaired) electrons. The van der Waals surface area contributed by atoms with Gasteiger partial charge in [0, 0.05) is 11.8 Å². The molecule has 78 valence electrons. The average molecular weight is 271 g/mol. The summed E-state index contributed by atoms with van der Waals surface area (Å²) in [5.74, 6) is -0.405. The van der Waals surface area contributed by atoms with Crippen LogP contribution in [-0.2, 0) is 6.61 Å². The number of hydrogen-bond acceptors (Lipinski definition) is 2. The Bertz CT molecular complexity index is 484. The molecule has 0 unspecified atom stereocenters. The lowest BCUT2D eigenvalue weighted by Gasteiger charge is -2.07. The highest BCUT2D eigenvalue weighted by Crippen LogP contribution is 2.20. The van der Waals surface area contributed by atoms with E-state index in [2.05, 4.69) is 21.0 Å². The molecule has 1 N–H and O–H groups in total. The highest BCUT2D eigenvalue weighted by molar-refractivity contribution is 9.10. The minimum absolute atomic E-state index is 0.218. The van der Waals surface area contributed by atoms with Crippen molar-refractivity contribution in [3.8, 4) is 5.69 Å². The van der Waals surface area contributed by atoms with Gasteiger partial charge in [0.2, 0.25) is 0 Å². The van der Waals surface area contributed by atoms with Crippen LogP contribution in [0, 0.1) is 5.82 Å². The van der Waals surface area contributed by atoms with Crippen molar-refractivity contribution in [3.05, 3.63) is 46.4 Å². The first-order valence-corrected chi connectivity index (χ1v) is 5.10. The molecule has 3 nitrogen and oxygen atoms in total. The van der Waals surface area contributed by atoms with Crippen LogP contribution in [0.4, 0.5) is 4.39 Å². The molecule has 0 saturated heterocycles. The summed E-state index contributed by atoms with van der Waals surface area (Å²) in [5, 5.41) is 13.1. The van der Waals surface area contributed by atoms with Crippen molar-refractivity contribution in [2.45, 2.75) is 6.61 Å². The van der Waals surface area contributed by atoms with E-state index in [1.807, 2.05) is 0 Å². The Morgan fingerprint density at radius 1 is 1.47 bits per heavy atom. The van der Waals surface area contributed by atoms with Crippen LogP contribution in [0.1, 0.15) is 5.56 Å². The fourth-order valence-electron chi connectivity index (χ4n) is 1.37. The number of para-hydroxylation sites is 1. The number of rotatable bonds is 2. The molecule has 0 aliphatic rings. The van der Waals surface area contributed by atoms with E-state index in [1.54, 1.807) is 24.5 Å². The van der Waals surface area contributed by atoms with Gasteiger partial charge in [-0.3, -0.25) is 0 Å². The summed E-state index contributed by atoms with van der Waals surface area (Å²) in [7, 11) is 0. The highest BCUT2D eigenvalue weighted by Gasteiger charge is 2.10. The third kappa shape index (κ3) is 1.93. The SMILES string of the molecule is OCc1cccc(F)c1-n1cc(Br)cn1. The van der Waals surface area contributed by atoms with Gasteiger partial charge in [-0.05, 0) is 22.0 Å². The Kier molecular flexibility index (Phi) is 2.83. The molecule has 5 heteroatoms. The topological polar surface area (TPSA) is 38.0 Å². The first-order valence-electron chi connectivity index (χ1n) is 4.31. The molecular formula is C10H8BrFN2O. The summed E-state index contributed by atoms with van der Waals surface area (Å²) in [6.07, 6.45) is 3.20. The van der Waals surface area contributed by atoms with Crippen molar-refractivity contribution in [2.75, 3.05) is 0 Å². The van der Waals surface area contributed by atoms with Crippen molar-refractivity contribution >= 4 is 15.9 Å². The summed E-state index contributed by atoms with van der Waals surface area (Å²) >= 11 is 3.23. The molecule has 1 heterocycles. The Morgan fingerprint density at radius 3 is 2.87 bits per heavy atom. The molecule has 0 fully saturated rings. The van der Waals surface area contributed by atoms with Crippen molar-refractivity contribution in [2.24, 2.45) is 0 Å². The predicted octanol–water partition coefficient (Wildman–Crippen LogP) is 2.27. The maximum atomic E-state index is 13.5. The molecule has 0 spiro atoms. The van der Waals surface area contributed by atoms with Gasteiger partial charge in [0.25, 0.3) is 0 Å². The van der Waals surface area contributed by atoms with Crippen molar-refractivity contribution < 1.29 is 9.50 Å². The van der Waals surface area contributed by atoms with Crippen molar-refractivity contribution in [1.82, 2.24) is 9.78 Å². The first kappa shape index (κ1) is 10.3. The number of aliphatic hydroxyl groups is 1. The number of benzene rings is 1. The van der Waals surface area contributed by atoms with Gasteiger partial charge in [0.1, 0.15) is 11.5 Å². The van der Waals surface area contributed by atoms with E-state index >= 15 is 0 Å². The van der Waals surface area contributed by atoms with Crippen LogP contribution in [0.25, 0.3) is 5.69 Å². The first-order chi connectivity index (χ1) is 7.22. The fraction of sp³-hybridized carbons (Fsp3) is 0.100. The third-order valence-electron chi connectivity index (χ3n) is 2.02. The standard InChI is InChI=1S/C10H8BrFN2O/c11-8-4-13-14(5-8)10-7(6-15)2-1-3-9(10)12/h1-5,15H,6H2. The van der Waals surface area contributed by atoms with E-state index in [0.29, 0.717) is 5.56 Å². The maximum Gasteiger partial charge on any atom is 0.149 e. The monoisotopic (exact) mass is 270 g/mol. The van der Waals surface area contributed by atoms with Crippen molar-refractivity contribution in [1.29, 1.82) is 0 Å². The molecule has 1 aromatic heterocycles. The average Bonchev–Trinajstić information content (AvgIpc) is 2.64. The smallest absolute Gasteiger partial charge is 0.149 e. The molecule has 0 amide bonds. The van der Waals surface area contributed by atoms with E-state index in [-0.39, 0.29) is 12.3 Å². The summed E-state index contributed by atoms with van der Waals surface area (Å²) in [6, 6.07) is 4.56. The number of halogens is 2. The predicted molar refractivity (Wildman–Crippen MR) is 57.1 cm³/mol. The minimum Gasteiger partial charge on any atom is -0.392 e. The molecule has 0 atom stereocenters. The molecule has 2 aromatic rings. The van der Waals surface area contributed by atoms with Gasteiger partial charge in [-0.25, -0.2) is 9.07 Å². The number of aromatic nitrogens is 2. The second-order valence-electron chi connectivity index (χ2n) is 3.01. The highest BCUT2D eigenvalue weighted by atomic mass is 79.9. The molecule has 0 aliphatic heterocycles. The number of aliphatic hydroxyl groups excluding tert-OH is 1. The van der Waals surface area contributed by atoms with Gasteiger partial charge in [0.05, 0.1) is 17.3 Å². The van der Waals surface area contributed by atoms with Crippen molar-refractivity contribution in [3.63, 3.8) is 0 Å². The Balaban J connectivity index is 2.60. The largest absolute Gasteiger partial charge is 0.392 e. The lowest BCUT2D eigenvalue weighted by atomic mass is 10.2. The van der Waals surface area contributed by atoms with E-state index < -0.39 is 5.82 Å². The maximum absolute atomic E-state index is 13.5. The fourth-order valence-corrected chi connectivity index (χ4v) is 1.65. The van der Waals surface area contributed by atoms with E-state index in [9.17, 15) is 4.39 Å². The summed E-state index contributed by atoms with van der Waals surface area (Å²) in [4.78, 5) is 0. The van der Waals surface area contributed by atoms with Crippen LogP contribution in [0.15, 0.2) is 35.1 Å². The van der Waals surface area contributed by atoms with Crippen LogP contribution in [0.3, 0.4) is 0 Å². The van der Waals surface area contributed by atoms with Crippen LogP contribution >= 0.6 is 15.9 Å². The number of hydrogen-bond donors (Lipinski definition) is 1. The zero-order chi connectivity index (χ0) is 10.8. The van der Waals surface area contributed by atoms with Crippen LogP contribution in [0.5, 0.6) is 0 Å². The lowest BCUT2D eigenvalue weighted by Crippen LogP contribution is -2.03. The van der Waals surface area contributed by atoms with Crippen LogP contribution in [0.2, 0.25) is 0 Å². The van der Waals surface area contributed by atoms with Gasteiger partial charge in [-0.2, -0.15) is 5.10 Å². The molecule has 2 rings (SSSR count). The summed E-state index contributed by atoms with van der Waals surface area (Å²) in [6.45, 7) is -0.218. The normalized spacial score (nSPS) is 10.6. The van der Waals surface area contributed by atoms with Gasteiger partial charge in [-0.15, -0.1) is 0 Å². The third-order valence-corrected chi connectivity index (χ3v) is 2.43. The van der Waals surface area contributed by atoms with Crippen LogP contribution < -0.4 is 0 Å². The summed E-state index contributed by atoms with van der Waals surface area (Å²) < 4.78 is 15.7. The zero-order valence-corrected chi connectivity index (χ0v) is 9.28. The second-order valence-corrected chi connectivity index (χ2v) is 3.92. The van der Waals surface area contributed by atoms with Gasteiger partial charge >= 0.3 is 0 Å². The van der Waals surface area contributed by atoms with Gasteiger partial charge in [-0.1, -0.05) is 12.1 Å². The van der Waals surface area contributed by atoms with E-state index in [1.165, 1.54) is 10.7 Å². The molecule has 1 aromatic carbocycles.